The summed E-state index contributed by atoms with van der Waals surface area (Å²) in [6.45, 7) is 3.59. The molecule has 1 aromatic rings. The maximum Gasteiger partial charge on any atom is 0.0531 e. The van der Waals surface area contributed by atoms with E-state index in [9.17, 15) is 0 Å². The first-order valence-electron chi connectivity index (χ1n) is 3.58. The summed E-state index contributed by atoms with van der Waals surface area (Å²) in [5.74, 6) is 0. The van der Waals surface area contributed by atoms with Crippen LogP contribution in [0.25, 0.3) is 0 Å². The van der Waals surface area contributed by atoms with Crippen LogP contribution in [0.4, 0.5) is 0 Å². The van der Waals surface area contributed by atoms with Crippen LogP contribution in [-0.2, 0) is 13.0 Å². The SMILES string of the molecule is CCc1cnn(CCN)c1. The van der Waals surface area contributed by atoms with E-state index in [2.05, 4.69) is 12.0 Å². The smallest absolute Gasteiger partial charge is 0.0531 e. The van der Waals surface area contributed by atoms with E-state index in [1.54, 1.807) is 0 Å². The van der Waals surface area contributed by atoms with Gasteiger partial charge in [-0.1, -0.05) is 6.92 Å². The fourth-order valence-electron chi connectivity index (χ4n) is 0.844. The Hall–Kier alpha value is -0.830. The average molecular weight is 139 g/mol. The van der Waals surface area contributed by atoms with Crippen LogP contribution in [0.3, 0.4) is 0 Å². The van der Waals surface area contributed by atoms with Crippen molar-refractivity contribution < 1.29 is 0 Å². The molecular formula is C7H13N3. The number of hydrogen-bond donors (Lipinski definition) is 1. The van der Waals surface area contributed by atoms with E-state index >= 15 is 0 Å². The van der Waals surface area contributed by atoms with Gasteiger partial charge in [0.1, 0.15) is 0 Å². The molecule has 1 rings (SSSR count). The molecule has 56 valence electrons. The van der Waals surface area contributed by atoms with E-state index in [1.165, 1.54) is 5.56 Å². The van der Waals surface area contributed by atoms with Crippen LogP contribution in [0.5, 0.6) is 0 Å². The van der Waals surface area contributed by atoms with E-state index in [1.807, 2.05) is 17.1 Å². The van der Waals surface area contributed by atoms with Crippen molar-refractivity contribution in [3.63, 3.8) is 0 Å². The zero-order chi connectivity index (χ0) is 7.40. The minimum Gasteiger partial charge on any atom is -0.329 e. The highest BCUT2D eigenvalue weighted by Crippen LogP contribution is 1.96. The number of nitrogens with zero attached hydrogens (tertiary/aromatic N) is 2. The van der Waals surface area contributed by atoms with E-state index < -0.39 is 0 Å². The lowest BCUT2D eigenvalue weighted by molar-refractivity contribution is 0.624. The third-order valence-corrected chi connectivity index (χ3v) is 1.45. The van der Waals surface area contributed by atoms with Gasteiger partial charge in [0.05, 0.1) is 12.7 Å². The lowest BCUT2D eigenvalue weighted by atomic mass is 10.3. The first kappa shape index (κ1) is 7.28. The second-order valence-corrected chi connectivity index (χ2v) is 2.25. The van der Waals surface area contributed by atoms with Crippen LogP contribution < -0.4 is 5.73 Å². The van der Waals surface area contributed by atoms with Crippen molar-refractivity contribution >= 4 is 0 Å². The van der Waals surface area contributed by atoms with Crippen LogP contribution >= 0.6 is 0 Å². The molecule has 0 spiro atoms. The van der Waals surface area contributed by atoms with Gasteiger partial charge in [0.15, 0.2) is 0 Å². The fraction of sp³-hybridized carbons (Fsp3) is 0.571. The van der Waals surface area contributed by atoms with Crippen molar-refractivity contribution in [3.8, 4) is 0 Å². The van der Waals surface area contributed by atoms with Gasteiger partial charge in [0, 0.05) is 12.7 Å². The van der Waals surface area contributed by atoms with Crippen molar-refractivity contribution in [1.29, 1.82) is 0 Å². The molecule has 3 heteroatoms. The second kappa shape index (κ2) is 3.37. The minimum absolute atomic E-state index is 0.658. The van der Waals surface area contributed by atoms with Gasteiger partial charge in [-0.3, -0.25) is 4.68 Å². The number of nitrogens with two attached hydrogens (primary N) is 1. The Bertz CT molecular complexity index is 192. The molecule has 0 unspecified atom stereocenters. The van der Waals surface area contributed by atoms with Gasteiger partial charge < -0.3 is 5.73 Å². The highest BCUT2D eigenvalue weighted by atomic mass is 15.3. The normalized spacial score (nSPS) is 10.2. The Morgan fingerprint density at radius 3 is 3.00 bits per heavy atom. The molecule has 0 fully saturated rings. The third-order valence-electron chi connectivity index (χ3n) is 1.45. The molecule has 0 aliphatic heterocycles. The molecule has 0 radical (unpaired) electrons. The Morgan fingerprint density at radius 1 is 1.70 bits per heavy atom. The van der Waals surface area contributed by atoms with Crippen molar-refractivity contribution in [2.45, 2.75) is 19.9 Å². The van der Waals surface area contributed by atoms with Crippen molar-refractivity contribution in [2.75, 3.05) is 6.54 Å². The molecule has 1 aromatic heterocycles. The molecule has 0 bridgehead atoms. The molecular weight excluding hydrogens is 126 g/mol. The molecule has 0 aliphatic carbocycles. The molecule has 1 heterocycles. The standard InChI is InChI=1S/C7H13N3/c1-2-7-5-9-10(6-7)4-3-8/h5-6H,2-4,8H2,1H3. The number of hydrogen-bond acceptors (Lipinski definition) is 2. The summed E-state index contributed by atoms with van der Waals surface area (Å²) in [6, 6.07) is 0. The summed E-state index contributed by atoms with van der Waals surface area (Å²) in [4.78, 5) is 0. The van der Waals surface area contributed by atoms with E-state index in [-0.39, 0.29) is 0 Å². The second-order valence-electron chi connectivity index (χ2n) is 2.25. The number of aromatic nitrogens is 2. The Labute approximate surface area is 60.8 Å². The van der Waals surface area contributed by atoms with Gasteiger partial charge in [-0.15, -0.1) is 0 Å². The molecule has 0 atom stereocenters. The highest BCUT2D eigenvalue weighted by Gasteiger charge is 1.92. The largest absolute Gasteiger partial charge is 0.329 e. The monoisotopic (exact) mass is 139 g/mol. The Morgan fingerprint density at radius 2 is 2.50 bits per heavy atom. The van der Waals surface area contributed by atoms with Gasteiger partial charge in [-0.05, 0) is 12.0 Å². The van der Waals surface area contributed by atoms with Crippen LogP contribution in [0, 0.1) is 0 Å². The molecule has 10 heavy (non-hydrogen) atoms. The zero-order valence-electron chi connectivity index (χ0n) is 6.25. The van der Waals surface area contributed by atoms with Gasteiger partial charge in [0.2, 0.25) is 0 Å². The molecule has 2 N–H and O–H groups in total. The number of aryl methyl sites for hydroxylation is 1. The van der Waals surface area contributed by atoms with Crippen LogP contribution in [0.2, 0.25) is 0 Å². The summed E-state index contributed by atoms with van der Waals surface area (Å²) in [6.07, 6.45) is 4.97. The molecule has 0 aliphatic rings. The summed E-state index contributed by atoms with van der Waals surface area (Å²) in [5, 5.41) is 4.11. The molecule has 0 amide bonds. The Balaban J connectivity index is 2.59. The summed E-state index contributed by atoms with van der Waals surface area (Å²) < 4.78 is 1.87. The Kier molecular flexibility index (Phi) is 2.45. The summed E-state index contributed by atoms with van der Waals surface area (Å²) >= 11 is 0. The van der Waals surface area contributed by atoms with Crippen LogP contribution in [0.1, 0.15) is 12.5 Å². The topological polar surface area (TPSA) is 43.8 Å². The van der Waals surface area contributed by atoms with E-state index in [4.69, 9.17) is 5.73 Å². The molecule has 0 saturated carbocycles. The predicted octanol–water partition coefficient (Wildman–Crippen LogP) is 0.404. The van der Waals surface area contributed by atoms with Gasteiger partial charge in [-0.2, -0.15) is 5.10 Å². The van der Waals surface area contributed by atoms with Gasteiger partial charge in [0.25, 0.3) is 0 Å². The summed E-state index contributed by atoms with van der Waals surface area (Å²) in [7, 11) is 0. The molecule has 3 nitrogen and oxygen atoms in total. The molecule has 0 aromatic carbocycles. The maximum atomic E-state index is 5.35. The van der Waals surface area contributed by atoms with Crippen molar-refractivity contribution in [3.05, 3.63) is 18.0 Å². The van der Waals surface area contributed by atoms with Crippen LogP contribution in [0.15, 0.2) is 12.4 Å². The lowest BCUT2D eigenvalue weighted by Gasteiger charge is -1.94. The molecule has 0 saturated heterocycles. The quantitative estimate of drug-likeness (QED) is 0.659. The highest BCUT2D eigenvalue weighted by molar-refractivity contribution is 5.02. The van der Waals surface area contributed by atoms with Gasteiger partial charge >= 0.3 is 0 Å². The fourth-order valence-corrected chi connectivity index (χ4v) is 0.844. The van der Waals surface area contributed by atoms with Gasteiger partial charge in [-0.25, -0.2) is 0 Å². The average Bonchev–Trinajstić information content (AvgIpc) is 2.37. The third kappa shape index (κ3) is 1.57. The van der Waals surface area contributed by atoms with E-state index in [0.717, 1.165) is 13.0 Å². The first-order valence-corrected chi connectivity index (χ1v) is 3.58. The van der Waals surface area contributed by atoms with Crippen molar-refractivity contribution in [1.82, 2.24) is 9.78 Å². The van der Waals surface area contributed by atoms with Crippen LogP contribution in [-0.4, -0.2) is 16.3 Å². The lowest BCUT2D eigenvalue weighted by Crippen LogP contribution is -2.09. The first-order chi connectivity index (χ1) is 4.86. The minimum atomic E-state index is 0.658. The number of rotatable bonds is 3. The predicted molar refractivity (Wildman–Crippen MR) is 40.7 cm³/mol. The van der Waals surface area contributed by atoms with Crippen molar-refractivity contribution in [2.24, 2.45) is 5.73 Å². The van der Waals surface area contributed by atoms with E-state index in [0.29, 0.717) is 6.54 Å². The maximum absolute atomic E-state index is 5.35. The summed E-state index contributed by atoms with van der Waals surface area (Å²) in [5.41, 5.74) is 6.62. The zero-order valence-corrected chi connectivity index (χ0v) is 6.25.